The van der Waals surface area contributed by atoms with Crippen LogP contribution in [-0.2, 0) is 23.0 Å². The topological polar surface area (TPSA) is 66.5 Å². The first-order valence-corrected chi connectivity index (χ1v) is 13.2. The molecule has 0 radical (unpaired) electrons. The molecule has 0 fully saturated rings. The minimum Gasteiger partial charge on any atom is -0.345 e. The van der Waals surface area contributed by atoms with E-state index in [1.807, 2.05) is 12.1 Å². The predicted octanol–water partition coefficient (Wildman–Crippen LogP) is 5.77. The number of carbonyl (C=O) groups excluding carboxylic acids is 1. The summed E-state index contributed by atoms with van der Waals surface area (Å²) in [5.41, 5.74) is 4.01. The second kappa shape index (κ2) is 9.75. The van der Waals surface area contributed by atoms with Gasteiger partial charge in [0.15, 0.2) is 0 Å². The van der Waals surface area contributed by atoms with Gasteiger partial charge in [-0.3, -0.25) is 9.10 Å². The van der Waals surface area contributed by atoms with Gasteiger partial charge in [-0.15, -0.1) is 0 Å². The highest BCUT2D eigenvalue weighted by Gasteiger charge is 2.23. The van der Waals surface area contributed by atoms with Crippen molar-refractivity contribution in [3.8, 4) is 0 Å². The zero-order chi connectivity index (χ0) is 23.6. The molecule has 33 heavy (non-hydrogen) atoms. The molecule has 0 saturated carbocycles. The van der Waals surface area contributed by atoms with Gasteiger partial charge in [-0.2, -0.15) is 0 Å². The largest absolute Gasteiger partial charge is 0.345 e. The van der Waals surface area contributed by atoms with E-state index in [-0.39, 0.29) is 28.5 Å². The molecule has 172 valence electrons. The number of carbonyl (C=O) groups is 1. The highest BCUT2D eigenvalue weighted by Crippen LogP contribution is 2.34. The first kappa shape index (κ1) is 23.6. The maximum Gasteiger partial charge on any atom is 0.251 e. The van der Waals surface area contributed by atoms with Gasteiger partial charge in [0.1, 0.15) is 0 Å². The first-order valence-electron chi connectivity index (χ1n) is 10.6. The molecule has 1 N–H and O–H groups in total. The Balaban J connectivity index is 1.51. The standard InChI is InChI=1S/C25H24Cl2N2O3S/c1-33(31,32)29(23-11-5-9-21(26)24(23)27)16-17-12-14-19(15-13-17)25(30)28-22-10-4-7-18-6-2-3-8-20(18)22/h2-3,5-6,8-9,11-15,22H,4,7,10,16H2,1H3,(H,28,30)/t22-/m1/s1. The number of halogens is 2. The number of sulfonamides is 1. The van der Waals surface area contributed by atoms with Crippen LogP contribution in [0.4, 0.5) is 5.69 Å². The number of amides is 1. The summed E-state index contributed by atoms with van der Waals surface area (Å²) >= 11 is 12.3. The Morgan fingerprint density at radius 2 is 1.76 bits per heavy atom. The average Bonchev–Trinajstić information content (AvgIpc) is 2.79. The smallest absolute Gasteiger partial charge is 0.251 e. The number of aryl methyl sites for hydroxylation is 1. The SMILES string of the molecule is CS(=O)(=O)N(Cc1ccc(C(=O)N[C@@H]2CCCc3ccccc32)cc1)c1cccc(Cl)c1Cl. The van der Waals surface area contributed by atoms with E-state index in [4.69, 9.17) is 23.2 Å². The third-order valence-electron chi connectivity index (χ3n) is 5.82. The van der Waals surface area contributed by atoms with Crippen molar-refractivity contribution >= 4 is 44.8 Å². The Bertz CT molecular complexity index is 1280. The van der Waals surface area contributed by atoms with Crippen molar-refractivity contribution in [3.63, 3.8) is 0 Å². The van der Waals surface area contributed by atoms with Gasteiger partial charge in [0.2, 0.25) is 10.0 Å². The molecule has 0 saturated heterocycles. The molecule has 8 heteroatoms. The van der Waals surface area contributed by atoms with Crippen molar-refractivity contribution in [2.45, 2.75) is 31.8 Å². The third-order valence-corrected chi connectivity index (χ3v) is 7.75. The van der Waals surface area contributed by atoms with Crippen LogP contribution < -0.4 is 9.62 Å². The van der Waals surface area contributed by atoms with Crippen LogP contribution in [0.15, 0.2) is 66.7 Å². The number of anilines is 1. The lowest BCUT2D eigenvalue weighted by Crippen LogP contribution is -2.31. The summed E-state index contributed by atoms with van der Waals surface area (Å²) in [6, 6.07) is 20.0. The molecule has 0 aromatic heterocycles. The van der Waals surface area contributed by atoms with Crippen LogP contribution in [0.1, 0.15) is 45.9 Å². The molecule has 1 atom stereocenters. The molecule has 1 amide bonds. The first-order chi connectivity index (χ1) is 15.7. The van der Waals surface area contributed by atoms with Crippen molar-refractivity contribution in [2.75, 3.05) is 10.6 Å². The number of benzene rings is 3. The number of nitrogens with zero attached hydrogens (tertiary/aromatic N) is 1. The van der Waals surface area contributed by atoms with Gasteiger partial charge in [-0.25, -0.2) is 8.42 Å². The summed E-state index contributed by atoms with van der Waals surface area (Å²) in [6.45, 7) is 0.0663. The second-order valence-electron chi connectivity index (χ2n) is 8.16. The van der Waals surface area contributed by atoms with Crippen molar-refractivity contribution in [1.82, 2.24) is 5.32 Å². The van der Waals surface area contributed by atoms with Gasteiger partial charge in [-0.05, 0) is 60.2 Å². The lowest BCUT2D eigenvalue weighted by molar-refractivity contribution is 0.0932. The third kappa shape index (κ3) is 5.35. The number of rotatable bonds is 6. The molecule has 1 aliphatic carbocycles. The fourth-order valence-corrected chi connectivity index (χ4v) is 5.48. The molecule has 0 spiro atoms. The summed E-state index contributed by atoms with van der Waals surface area (Å²) in [6.07, 6.45) is 4.09. The van der Waals surface area contributed by atoms with Gasteiger partial charge in [0.05, 0.1) is 34.6 Å². The molecule has 1 aliphatic rings. The lowest BCUT2D eigenvalue weighted by Gasteiger charge is -2.26. The summed E-state index contributed by atoms with van der Waals surface area (Å²) in [4.78, 5) is 12.9. The molecule has 5 nitrogen and oxygen atoms in total. The van der Waals surface area contributed by atoms with E-state index in [0.717, 1.165) is 31.1 Å². The van der Waals surface area contributed by atoms with Gasteiger partial charge in [0.25, 0.3) is 5.91 Å². The van der Waals surface area contributed by atoms with Crippen molar-refractivity contribution in [2.24, 2.45) is 0 Å². The zero-order valence-electron chi connectivity index (χ0n) is 18.1. The minimum atomic E-state index is -3.62. The molecule has 0 heterocycles. The van der Waals surface area contributed by atoms with Crippen LogP contribution in [0, 0.1) is 0 Å². The van der Waals surface area contributed by atoms with Crippen LogP contribution in [0.2, 0.25) is 10.0 Å². The Labute approximate surface area is 204 Å². The van der Waals surface area contributed by atoms with E-state index in [1.165, 1.54) is 15.4 Å². The van der Waals surface area contributed by atoms with Gasteiger partial charge in [0, 0.05) is 5.56 Å². The van der Waals surface area contributed by atoms with Crippen molar-refractivity contribution < 1.29 is 13.2 Å². The number of hydrogen-bond acceptors (Lipinski definition) is 3. The van der Waals surface area contributed by atoms with Crippen LogP contribution in [0.3, 0.4) is 0 Å². The fourth-order valence-electron chi connectivity index (χ4n) is 4.14. The second-order valence-corrected chi connectivity index (χ2v) is 10.8. The van der Waals surface area contributed by atoms with Gasteiger partial charge in [-0.1, -0.05) is 65.7 Å². The number of nitrogens with one attached hydrogen (secondary N) is 1. The summed E-state index contributed by atoms with van der Waals surface area (Å²) in [7, 11) is -3.62. The average molecular weight is 503 g/mol. The summed E-state index contributed by atoms with van der Waals surface area (Å²) in [5.74, 6) is -0.152. The molecule has 4 rings (SSSR count). The van der Waals surface area contributed by atoms with Crippen molar-refractivity contribution in [1.29, 1.82) is 0 Å². The number of fused-ring (bicyclic) bond motifs is 1. The zero-order valence-corrected chi connectivity index (χ0v) is 20.4. The van der Waals surface area contributed by atoms with Crippen LogP contribution in [0.25, 0.3) is 0 Å². The van der Waals surface area contributed by atoms with Crippen molar-refractivity contribution in [3.05, 3.63) is 99.0 Å². The monoisotopic (exact) mass is 502 g/mol. The Hall–Kier alpha value is -2.54. The van der Waals surface area contributed by atoms with E-state index in [0.29, 0.717) is 11.3 Å². The van der Waals surface area contributed by atoms with E-state index in [9.17, 15) is 13.2 Å². The van der Waals surface area contributed by atoms with Crippen LogP contribution in [0.5, 0.6) is 0 Å². The number of hydrogen-bond donors (Lipinski definition) is 1. The highest BCUT2D eigenvalue weighted by atomic mass is 35.5. The van der Waals surface area contributed by atoms with E-state index in [2.05, 4.69) is 17.4 Å². The molecule has 0 aliphatic heterocycles. The minimum absolute atomic E-state index is 0.00664. The maximum atomic E-state index is 12.9. The molecule has 3 aromatic rings. The van der Waals surface area contributed by atoms with E-state index < -0.39 is 10.0 Å². The van der Waals surface area contributed by atoms with E-state index in [1.54, 1.807) is 42.5 Å². The molecule has 0 bridgehead atoms. The Morgan fingerprint density at radius 3 is 2.48 bits per heavy atom. The molecule has 3 aromatic carbocycles. The summed E-state index contributed by atoms with van der Waals surface area (Å²) < 4.78 is 26.1. The molecular weight excluding hydrogens is 479 g/mol. The maximum absolute atomic E-state index is 12.9. The van der Waals surface area contributed by atoms with Crippen LogP contribution in [-0.4, -0.2) is 20.6 Å². The van der Waals surface area contributed by atoms with E-state index >= 15 is 0 Å². The van der Waals surface area contributed by atoms with Gasteiger partial charge < -0.3 is 5.32 Å². The lowest BCUT2D eigenvalue weighted by atomic mass is 9.87. The normalized spacial score (nSPS) is 15.5. The molecular formula is C25H24Cl2N2O3S. The predicted molar refractivity (Wildman–Crippen MR) is 134 cm³/mol. The Morgan fingerprint density at radius 1 is 1.03 bits per heavy atom. The quantitative estimate of drug-likeness (QED) is 0.465. The summed E-state index contributed by atoms with van der Waals surface area (Å²) in [5, 5.41) is 3.59. The highest BCUT2D eigenvalue weighted by molar-refractivity contribution is 7.92. The van der Waals surface area contributed by atoms with Gasteiger partial charge >= 0.3 is 0 Å². The fraction of sp³-hybridized carbons (Fsp3) is 0.240. The molecule has 0 unspecified atom stereocenters. The van der Waals surface area contributed by atoms with Crippen LogP contribution >= 0.6 is 23.2 Å². The Kier molecular flexibility index (Phi) is 6.98.